The molecular weight excluding hydrogens is 178 g/mol. The van der Waals surface area contributed by atoms with Crippen LogP contribution in [0.5, 0.6) is 0 Å². The Morgan fingerprint density at radius 1 is 1.58 bits per heavy atom. The van der Waals surface area contributed by atoms with Crippen LogP contribution in [0, 0.1) is 0 Å². The molecule has 0 bridgehead atoms. The van der Waals surface area contributed by atoms with Crippen molar-refractivity contribution in [3.63, 3.8) is 0 Å². The van der Waals surface area contributed by atoms with Crippen LogP contribution in [0.15, 0.2) is 18.6 Å². The molecule has 0 spiro atoms. The van der Waals surface area contributed by atoms with Crippen LogP contribution in [0.2, 0.25) is 5.28 Å². The van der Waals surface area contributed by atoms with E-state index in [4.69, 9.17) is 16.7 Å². The van der Waals surface area contributed by atoms with Crippen LogP contribution < -0.4 is 0 Å². The quantitative estimate of drug-likeness (QED) is 0.668. The summed E-state index contributed by atoms with van der Waals surface area (Å²) in [4.78, 5) is 7.82. The fourth-order valence-electron chi connectivity index (χ4n) is 1.02. The molecule has 2 aromatic heterocycles. The third kappa shape index (κ3) is 1.05. The van der Waals surface area contributed by atoms with Gasteiger partial charge in [-0.3, -0.25) is 4.40 Å². The van der Waals surface area contributed by atoms with Crippen LogP contribution in [0.25, 0.3) is 5.52 Å². The van der Waals surface area contributed by atoms with Crippen molar-refractivity contribution in [2.45, 2.75) is 6.61 Å². The first-order valence-corrected chi connectivity index (χ1v) is 3.77. The summed E-state index contributed by atoms with van der Waals surface area (Å²) >= 11 is 5.78. The predicted octanol–water partition coefficient (Wildman–Crippen LogP) is 0.875. The Kier molecular flexibility index (Phi) is 1.71. The number of aromatic nitrogens is 3. The van der Waals surface area contributed by atoms with E-state index in [1.165, 1.54) is 0 Å². The van der Waals surface area contributed by atoms with Gasteiger partial charge in [-0.05, 0) is 17.7 Å². The first kappa shape index (κ1) is 7.52. The largest absolute Gasteiger partial charge is 0.390 e. The highest BCUT2D eigenvalue weighted by Crippen LogP contribution is 2.11. The van der Waals surface area contributed by atoms with Crippen LogP contribution in [0.4, 0.5) is 0 Å². The van der Waals surface area contributed by atoms with Crippen molar-refractivity contribution in [3.05, 3.63) is 29.6 Å². The normalized spacial score (nSPS) is 10.8. The van der Waals surface area contributed by atoms with Crippen LogP contribution in [0.3, 0.4) is 0 Å². The Morgan fingerprint density at radius 3 is 3.17 bits per heavy atom. The molecule has 4 nitrogen and oxygen atoms in total. The molecular formula is C7H6ClN3O. The summed E-state index contributed by atoms with van der Waals surface area (Å²) < 4.78 is 1.64. The van der Waals surface area contributed by atoms with E-state index < -0.39 is 0 Å². The average Bonchev–Trinajstić information content (AvgIpc) is 2.52. The van der Waals surface area contributed by atoms with Gasteiger partial charge in [-0.2, -0.15) is 0 Å². The molecule has 0 aliphatic heterocycles. The molecule has 0 unspecified atom stereocenters. The summed E-state index contributed by atoms with van der Waals surface area (Å²) in [5.41, 5.74) is 1.38. The number of rotatable bonds is 1. The maximum Gasteiger partial charge on any atom is 0.208 e. The molecule has 0 atom stereocenters. The summed E-state index contributed by atoms with van der Waals surface area (Å²) in [6.07, 6.45) is 3.23. The molecule has 0 fully saturated rings. The minimum Gasteiger partial charge on any atom is -0.390 e. The molecule has 0 aliphatic carbocycles. The number of halogens is 1. The van der Waals surface area contributed by atoms with Gasteiger partial charge in [0.1, 0.15) is 6.33 Å². The molecule has 5 heteroatoms. The number of nitrogens with zero attached hydrogens (tertiary/aromatic N) is 3. The molecule has 0 aromatic carbocycles. The number of imidazole rings is 1. The summed E-state index contributed by atoms with van der Waals surface area (Å²) in [5.74, 6) is 0. The van der Waals surface area contributed by atoms with Crippen molar-refractivity contribution in [3.8, 4) is 0 Å². The van der Waals surface area contributed by atoms with E-state index in [0.717, 1.165) is 5.52 Å². The zero-order chi connectivity index (χ0) is 8.55. The standard InChI is InChI=1S/C7H6ClN3O/c8-7-10-5(3-12)1-6-2-9-4-11(6)7/h1-2,4,12H,3H2. The summed E-state index contributed by atoms with van der Waals surface area (Å²) in [6, 6.07) is 1.74. The average molecular weight is 184 g/mol. The van der Waals surface area contributed by atoms with Gasteiger partial charge >= 0.3 is 0 Å². The third-order valence-electron chi connectivity index (χ3n) is 1.58. The summed E-state index contributed by atoms with van der Waals surface area (Å²) in [5, 5.41) is 9.12. The molecule has 0 aliphatic rings. The van der Waals surface area contributed by atoms with Crippen LogP contribution in [0.1, 0.15) is 5.69 Å². The van der Waals surface area contributed by atoms with Gasteiger partial charge < -0.3 is 5.11 Å². The molecule has 0 amide bonds. The second kappa shape index (κ2) is 2.73. The number of fused-ring (bicyclic) bond motifs is 1. The van der Waals surface area contributed by atoms with E-state index >= 15 is 0 Å². The van der Waals surface area contributed by atoms with E-state index in [-0.39, 0.29) is 6.61 Å². The Morgan fingerprint density at radius 2 is 2.42 bits per heavy atom. The SMILES string of the molecule is OCc1cc2cncn2c(Cl)n1. The van der Waals surface area contributed by atoms with Gasteiger partial charge in [0.2, 0.25) is 5.28 Å². The second-order valence-electron chi connectivity index (χ2n) is 2.36. The Balaban J connectivity index is 2.75. The van der Waals surface area contributed by atoms with Crippen molar-refractivity contribution in [1.82, 2.24) is 14.4 Å². The number of hydrogen-bond acceptors (Lipinski definition) is 3. The fraction of sp³-hybridized carbons (Fsp3) is 0.143. The van der Waals surface area contributed by atoms with Gasteiger partial charge in [0.25, 0.3) is 0 Å². The molecule has 2 heterocycles. The maximum atomic E-state index is 8.81. The highest BCUT2D eigenvalue weighted by atomic mass is 35.5. The smallest absolute Gasteiger partial charge is 0.208 e. The van der Waals surface area contributed by atoms with Gasteiger partial charge in [0, 0.05) is 0 Å². The zero-order valence-corrected chi connectivity index (χ0v) is 6.86. The van der Waals surface area contributed by atoms with Crippen LogP contribution in [-0.4, -0.2) is 19.5 Å². The topological polar surface area (TPSA) is 50.4 Å². The van der Waals surface area contributed by atoms with Crippen molar-refractivity contribution in [2.75, 3.05) is 0 Å². The highest BCUT2D eigenvalue weighted by molar-refractivity contribution is 6.28. The second-order valence-corrected chi connectivity index (χ2v) is 2.70. The van der Waals surface area contributed by atoms with Crippen molar-refractivity contribution in [2.24, 2.45) is 0 Å². The maximum absolute atomic E-state index is 8.81. The Hall–Kier alpha value is -1.13. The number of aliphatic hydroxyl groups is 1. The minimum atomic E-state index is -0.110. The lowest BCUT2D eigenvalue weighted by molar-refractivity contribution is 0.277. The van der Waals surface area contributed by atoms with Gasteiger partial charge in [-0.25, -0.2) is 9.97 Å². The van der Waals surface area contributed by atoms with E-state index in [2.05, 4.69) is 9.97 Å². The molecule has 0 saturated heterocycles. The first-order valence-electron chi connectivity index (χ1n) is 3.39. The molecule has 0 radical (unpaired) electrons. The molecule has 2 rings (SSSR count). The molecule has 62 valence electrons. The van der Waals surface area contributed by atoms with E-state index in [1.54, 1.807) is 23.0 Å². The summed E-state index contributed by atoms with van der Waals surface area (Å²) in [7, 11) is 0. The van der Waals surface area contributed by atoms with Crippen molar-refractivity contribution < 1.29 is 5.11 Å². The van der Waals surface area contributed by atoms with E-state index in [0.29, 0.717) is 11.0 Å². The van der Waals surface area contributed by atoms with Gasteiger partial charge in [0.05, 0.1) is 24.0 Å². The van der Waals surface area contributed by atoms with E-state index in [9.17, 15) is 0 Å². The Labute approximate surface area is 73.5 Å². The monoisotopic (exact) mass is 183 g/mol. The molecule has 12 heavy (non-hydrogen) atoms. The third-order valence-corrected chi connectivity index (χ3v) is 1.84. The zero-order valence-electron chi connectivity index (χ0n) is 6.11. The molecule has 1 N–H and O–H groups in total. The number of hydrogen-bond donors (Lipinski definition) is 1. The molecule has 0 saturated carbocycles. The van der Waals surface area contributed by atoms with Gasteiger partial charge in [-0.15, -0.1) is 0 Å². The van der Waals surface area contributed by atoms with E-state index in [1.807, 2.05) is 0 Å². The van der Waals surface area contributed by atoms with Crippen molar-refractivity contribution in [1.29, 1.82) is 0 Å². The fourth-order valence-corrected chi connectivity index (χ4v) is 1.27. The Bertz CT molecular complexity index is 412. The number of aliphatic hydroxyl groups excluding tert-OH is 1. The van der Waals surface area contributed by atoms with Gasteiger partial charge in [0.15, 0.2) is 0 Å². The van der Waals surface area contributed by atoms with Gasteiger partial charge in [-0.1, -0.05) is 0 Å². The summed E-state index contributed by atoms with van der Waals surface area (Å²) in [6.45, 7) is -0.110. The predicted molar refractivity (Wildman–Crippen MR) is 43.9 cm³/mol. The molecule has 2 aromatic rings. The lowest BCUT2D eigenvalue weighted by Crippen LogP contribution is -1.94. The minimum absolute atomic E-state index is 0.110. The lowest BCUT2D eigenvalue weighted by atomic mass is 10.4. The first-order chi connectivity index (χ1) is 5.81. The highest BCUT2D eigenvalue weighted by Gasteiger charge is 2.01. The lowest BCUT2D eigenvalue weighted by Gasteiger charge is -1.99. The van der Waals surface area contributed by atoms with Crippen molar-refractivity contribution >= 4 is 17.1 Å². The van der Waals surface area contributed by atoms with Crippen LogP contribution >= 0.6 is 11.6 Å². The van der Waals surface area contributed by atoms with Crippen LogP contribution in [-0.2, 0) is 6.61 Å².